The first kappa shape index (κ1) is 31.4. The lowest BCUT2D eigenvalue weighted by molar-refractivity contribution is -0.139. The van der Waals surface area contributed by atoms with Crippen molar-refractivity contribution in [1.82, 2.24) is 10.2 Å². The fourth-order valence-corrected chi connectivity index (χ4v) is 6.67. The van der Waals surface area contributed by atoms with Crippen molar-refractivity contribution in [1.29, 1.82) is 0 Å². The summed E-state index contributed by atoms with van der Waals surface area (Å²) < 4.78 is 40.7. The van der Waals surface area contributed by atoms with Gasteiger partial charge in [-0.15, -0.1) is 0 Å². The van der Waals surface area contributed by atoms with Gasteiger partial charge in [-0.05, 0) is 73.9 Å². The van der Waals surface area contributed by atoms with Gasteiger partial charge in [-0.1, -0.05) is 53.0 Å². The lowest BCUT2D eigenvalue weighted by Crippen LogP contribution is -2.52. The third kappa shape index (κ3) is 7.43. The molecule has 1 aliphatic rings. The average Bonchev–Trinajstić information content (AvgIpc) is 3.52. The van der Waals surface area contributed by atoms with Gasteiger partial charge in [0, 0.05) is 17.1 Å². The molecule has 0 aliphatic heterocycles. The standard InChI is InChI=1S/C31H36BrN3O6S/c1-22(31(37)33-25-8-4-5-9-25)34(20-23-12-14-24(32)15-13-23)30(36)21-35(28-10-6-7-11-29(28)41-3)42(38,39)27-18-16-26(40-2)17-19-27/h6-7,10-19,22,25H,4-5,8-9,20-21H2,1-3H3,(H,33,37)/t22-/m1/s1. The van der Waals surface area contributed by atoms with Crippen LogP contribution in [0.5, 0.6) is 11.5 Å². The van der Waals surface area contributed by atoms with E-state index in [4.69, 9.17) is 9.47 Å². The number of rotatable bonds is 12. The molecule has 0 aromatic heterocycles. The number of hydrogen-bond donors (Lipinski definition) is 1. The van der Waals surface area contributed by atoms with Gasteiger partial charge in [0.05, 0.1) is 24.8 Å². The number of anilines is 1. The first-order valence-corrected chi connectivity index (χ1v) is 16.0. The smallest absolute Gasteiger partial charge is 0.264 e. The SMILES string of the molecule is COc1ccc(S(=O)(=O)N(CC(=O)N(Cc2ccc(Br)cc2)[C@H](C)C(=O)NC2CCCC2)c2ccccc2OC)cc1. The number of benzene rings is 3. The number of amides is 2. The summed E-state index contributed by atoms with van der Waals surface area (Å²) in [5.74, 6) is -0.0188. The molecule has 1 N–H and O–H groups in total. The summed E-state index contributed by atoms with van der Waals surface area (Å²) in [5.41, 5.74) is 1.00. The van der Waals surface area contributed by atoms with Crippen LogP contribution in [-0.2, 0) is 26.2 Å². The molecular formula is C31H36BrN3O6S. The van der Waals surface area contributed by atoms with Crippen molar-refractivity contribution in [2.45, 2.75) is 56.1 Å². The predicted molar refractivity (Wildman–Crippen MR) is 165 cm³/mol. The highest BCUT2D eigenvalue weighted by molar-refractivity contribution is 9.10. The molecule has 3 aromatic rings. The molecule has 0 heterocycles. The number of methoxy groups -OCH3 is 2. The Hall–Kier alpha value is -3.57. The number of halogens is 1. The zero-order chi connectivity index (χ0) is 30.3. The minimum absolute atomic E-state index is 0.0199. The highest BCUT2D eigenvalue weighted by atomic mass is 79.9. The molecule has 42 heavy (non-hydrogen) atoms. The molecule has 224 valence electrons. The maximum absolute atomic E-state index is 14.1. The van der Waals surface area contributed by atoms with Crippen molar-refractivity contribution in [2.75, 3.05) is 25.1 Å². The van der Waals surface area contributed by atoms with Crippen LogP contribution >= 0.6 is 15.9 Å². The molecule has 11 heteroatoms. The molecule has 0 saturated heterocycles. The fraction of sp³-hybridized carbons (Fsp3) is 0.355. The Labute approximate surface area is 256 Å². The van der Waals surface area contributed by atoms with E-state index in [9.17, 15) is 18.0 Å². The summed E-state index contributed by atoms with van der Waals surface area (Å²) in [5, 5.41) is 3.07. The Bertz CT molecular complexity index is 1480. The van der Waals surface area contributed by atoms with E-state index in [0.717, 1.165) is 40.0 Å². The lowest BCUT2D eigenvalue weighted by atomic mass is 10.1. The molecule has 1 aliphatic carbocycles. The third-order valence-corrected chi connectivity index (χ3v) is 9.72. The topological polar surface area (TPSA) is 105 Å². The second-order valence-electron chi connectivity index (χ2n) is 10.2. The Morgan fingerprint density at radius 1 is 0.952 bits per heavy atom. The minimum Gasteiger partial charge on any atom is -0.497 e. The van der Waals surface area contributed by atoms with Crippen LogP contribution in [0.3, 0.4) is 0 Å². The Morgan fingerprint density at radius 2 is 1.60 bits per heavy atom. The zero-order valence-corrected chi connectivity index (χ0v) is 26.4. The van der Waals surface area contributed by atoms with Crippen molar-refractivity contribution in [2.24, 2.45) is 0 Å². The monoisotopic (exact) mass is 657 g/mol. The van der Waals surface area contributed by atoms with E-state index in [1.807, 2.05) is 24.3 Å². The molecule has 1 fully saturated rings. The quantitative estimate of drug-likeness (QED) is 0.289. The largest absolute Gasteiger partial charge is 0.497 e. The van der Waals surface area contributed by atoms with E-state index in [1.54, 1.807) is 43.3 Å². The number of hydrogen-bond acceptors (Lipinski definition) is 6. The van der Waals surface area contributed by atoms with Gasteiger partial charge in [0.25, 0.3) is 10.0 Å². The predicted octanol–water partition coefficient (Wildman–Crippen LogP) is 5.14. The van der Waals surface area contributed by atoms with Crippen LogP contribution in [-0.4, -0.2) is 58.0 Å². The summed E-state index contributed by atoms with van der Waals surface area (Å²) in [7, 11) is -1.31. The van der Waals surface area contributed by atoms with Crippen molar-refractivity contribution in [3.63, 3.8) is 0 Å². The molecule has 0 unspecified atom stereocenters. The van der Waals surface area contributed by atoms with Crippen LogP contribution in [0.1, 0.15) is 38.2 Å². The van der Waals surface area contributed by atoms with Crippen LogP contribution in [0, 0.1) is 0 Å². The van der Waals surface area contributed by atoms with E-state index >= 15 is 0 Å². The molecule has 3 aromatic carbocycles. The zero-order valence-electron chi connectivity index (χ0n) is 24.0. The number of nitrogens with zero attached hydrogens (tertiary/aromatic N) is 2. The fourth-order valence-electron chi connectivity index (χ4n) is 4.99. The molecule has 2 amide bonds. The normalized spacial score (nSPS) is 14.2. The highest BCUT2D eigenvalue weighted by Gasteiger charge is 2.34. The number of carbonyl (C=O) groups is 2. The van der Waals surface area contributed by atoms with Crippen LogP contribution in [0.15, 0.2) is 82.2 Å². The van der Waals surface area contributed by atoms with E-state index < -0.39 is 28.5 Å². The summed E-state index contributed by atoms with van der Waals surface area (Å²) in [6.45, 7) is 1.24. The van der Waals surface area contributed by atoms with Crippen LogP contribution in [0.2, 0.25) is 0 Å². The number of ether oxygens (including phenoxy) is 2. The van der Waals surface area contributed by atoms with E-state index in [2.05, 4.69) is 21.2 Å². The van der Waals surface area contributed by atoms with Crippen LogP contribution < -0.4 is 19.1 Å². The van der Waals surface area contributed by atoms with Gasteiger partial charge in [0.15, 0.2) is 0 Å². The highest BCUT2D eigenvalue weighted by Crippen LogP contribution is 2.33. The first-order chi connectivity index (χ1) is 20.1. The van der Waals surface area contributed by atoms with Gasteiger partial charge in [0.1, 0.15) is 24.1 Å². The molecule has 1 saturated carbocycles. The number of carbonyl (C=O) groups excluding carboxylic acids is 2. The Kier molecular flexibility index (Phi) is 10.5. The summed E-state index contributed by atoms with van der Waals surface area (Å²) in [4.78, 5) is 28.9. The average molecular weight is 659 g/mol. The number of para-hydroxylation sites is 2. The molecule has 0 bridgehead atoms. The summed E-state index contributed by atoms with van der Waals surface area (Å²) in [6.07, 6.45) is 3.91. The summed E-state index contributed by atoms with van der Waals surface area (Å²) in [6, 6.07) is 19.2. The van der Waals surface area contributed by atoms with Gasteiger partial charge < -0.3 is 19.7 Å². The van der Waals surface area contributed by atoms with Gasteiger partial charge in [-0.3, -0.25) is 13.9 Å². The van der Waals surface area contributed by atoms with Crippen molar-refractivity contribution in [3.05, 3.63) is 82.8 Å². The van der Waals surface area contributed by atoms with Gasteiger partial charge in [0.2, 0.25) is 11.8 Å². The van der Waals surface area contributed by atoms with E-state index in [1.165, 1.54) is 31.3 Å². The third-order valence-electron chi connectivity index (χ3n) is 7.42. The lowest BCUT2D eigenvalue weighted by Gasteiger charge is -2.32. The van der Waals surface area contributed by atoms with Gasteiger partial charge >= 0.3 is 0 Å². The number of nitrogens with one attached hydrogen (secondary N) is 1. The Morgan fingerprint density at radius 3 is 2.21 bits per heavy atom. The molecular weight excluding hydrogens is 622 g/mol. The first-order valence-electron chi connectivity index (χ1n) is 13.8. The Balaban J connectivity index is 1.71. The molecule has 0 spiro atoms. The maximum Gasteiger partial charge on any atom is 0.264 e. The van der Waals surface area contributed by atoms with Gasteiger partial charge in [-0.25, -0.2) is 8.42 Å². The van der Waals surface area contributed by atoms with Crippen molar-refractivity contribution >= 4 is 43.5 Å². The van der Waals surface area contributed by atoms with Gasteiger partial charge in [-0.2, -0.15) is 0 Å². The maximum atomic E-state index is 14.1. The van der Waals surface area contributed by atoms with Crippen LogP contribution in [0.25, 0.3) is 0 Å². The van der Waals surface area contributed by atoms with E-state index in [0.29, 0.717) is 5.75 Å². The van der Waals surface area contributed by atoms with Crippen LogP contribution in [0.4, 0.5) is 5.69 Å². The summed E-state index contributed by atoms with van der Waals surface area (Å²) >= 11 is 3.43. The molecule has 1 atom stereocenters. The second-order valence-corrected chi connectivity index (χ2v) is 13.0. The van der Waals surface area contributed by atoms with Crippen molar-refractivity contribution in [3.8, 4) is 11.5 Å². The number of sulfonamides is 1. The van der Waals surface area contributed by atoms with E-state index in [-0.39, 0.29) is 34.8 Å². The second kappa shape index (κ2) is 14.1. The van der Waals surface area contributed by atoms with Crippen molar-refractivity contribution < 1.29 is 27.5 Å². The molecule has 9 nitrogen and oxygen atoms in total. The molecule has 4 rings (SSSR count). The molecule has 0 radical (unpaired) electrons. The minimum atomic E-state index is -4.24.